The monoisotopic (exact) mass is 194 g/mol. The summed E-state index contributed by atoms with van der Waals surface area (Å²) in [5.41, 5.74) is 7.57. The topological polar surface area (TPSA) is 56.7 Å². The van der Waals surface area contributed by atoms with Crippen LogP contribution in [0, 0.1) is 6.92 Å². The fraction of sp³-hybridized carbons (Fsp3) is 0.250. The van der Waals surface area contributed by atoms with Crippen LogP contribution in [0.15, 0.2) is 12.4 Å². The van der Waals surface area contributed by atoms with Crippen molar-refractivity contribution in [3.05, 3.63) is 17.3 Å². The van der Waals surface area contributed by atoms with Crippen LogP contribution in [0.4, 0.5) is 5.13 Å². The Morgan fingerprint density at radius 1 is 1.54 bits per heavy atom. The van der Waals surface area contributed by atoms with Gasteiger partial charge in [0, 0.05) is 23.7 Å². The van der Waals surface area contributed by atoms with Gasteiger partial charge in [-0.1, -0.05) is 0 Å². The minimum absolute atomic E-state index is 0.608. The summed E-state index contributed by atoms with van der Waals surface area (Å²) in [5.74, 6) is 0. The molecule has 0 saturated heterocycles. The first-order chi connectivity index (χ1) is 6.16. The van der Waals surface area contributed by atoms with Crippen molar-refractivity contribution in [1.82, 2.24) is 14.8 Å². The molecule has 0 aliphatic heterocycles. The summed E-state index contributed by atoms with van der Waals surface area (Å²) in [4.78, 5) is 5.37. The standard InChI is InChI=1S/C8H10N4S/c1-5-7(11-8(9)13-5)6-3-10-12(2)4-6/h3-4H,1-2H3,(H2,9,11). The smallest absolute Gasteiger partial charge is 0.180 e. The molecular formula is C8H10N4S. The Morgan fingerprint density at radius 3 is 2.77 bits per heavy atom. The van der Waals surface area contributed by atoms with Crippen LogP contribution in [0.25, 0.3) is 11.3 Å². The van der Waals surface area contributed by atoms with Crippen molar-refractivity contribution in [3.8, 4) is 11.3 Å². The molecule has 0 aliphatic carbocycles. The maximum absolute atomic E-state index is 5.60. The quantitative estimate of drug-likeness (QED) is 0.747. The normalized spacial score (nSPS) is 10.6. The molecule has 0 radical (unpaired) electrons. The van der Waals surface area contributed by atoms with Crippen molar-refractivity contribution < 1.29 is 0 Å². The maximum Gasteiger partial charge on any atom is 0.180 e. The fourth-order valence-electron chi connectivity index (χ4n) is 1.23. The first-order valence-electron chi connectivity index (χ1n) is 3.89. The minimum atomic E-state index is 0.608. The molecule has 0 aliphatic rings. The van der Waals surface area contributed by atoms with Gasteiger partial charge in [-0.3, -0.25) is 4.68 Å². The molecule has 2 aromatic rings. The third kappa shape index (κ3) is 1.42. The van der Waals surface area contributed by atoms with E-state index in [-0.39, 0.29) is 0 Å². The number of rotatable bonds is 1. The van der Waals surface area contributed by atoms with E-state index in [0.29, 0.717) is 5.13 Å². The van der Waals surface area contributed by atoms with Crippen molar-refractivity contribution in [1.29, 1.82) is 0 Å². The third-order valence-electron chi connectivity index (χ3n) is 1.79. The summed E-state index contributed by atoms with van der Waals surface area (Å²) in [6, 6.07) is 0. The average Bonchev–Trinajstić information content (AvgIpc) is 2.58. The molecule has 0 spiro atoms. The Bertz CT molecular complexity index is 429. The predicted octanol–water partition coefficient (Wildman–Crippen LogP) is 1.43. The van der Waals surface area contributed by atoms with Gasteiger partial charge >= 0.3 is 0 Å². The highest BCUT2D eigenvalue weighted by Crippen LogP contribution is 2.27. The highest BCUT2D eigenvalue weighted by atomic mass is 32.1. The van der Waals surface area contributed by atoms with Crippen LogP contribution >= 0.6 is 11.3 Å². The van der Waals surface area contributed by atoms with E-state index in [2.05, 4.69) is 10.1 Å². The Balaban J connectivity index is 2.51. The SMILES string of the molecule is Cc1sc(N)nc1-c1cnn(C)c1. The van der Waals surface area contributed by atoms with Crippen molar-refractivity contribution in [2.45, 2.75) is 6.92 Å². The molecule has 0 aromatic carbocycles. The molecule has 2 aromatic heterocycles. The predicted molar refractivity (Wildman–Crippen MR) is 53.5 cm³/mol. The van der Waals surface area contributed by atoms with Gasteiger partial charge in [-0.05, 0) is 6.92 Å². The van der Waals surface area contributed by atoms with E-state index in [1.54, 1.807) is 10.9 Å². The minimum Gasteiger partial charge on any atom is -0.375 e. The second kappa shape index (κ2) is 2.85. The number of anilines is 1. The molecule has 4 nitrogen and oxygen atoms in total. The number of nitrogen functional groups attached to an aromatic ring is 1. The van der Waals surface area contributed by atoms with Crippen molar-refractivity contribution in [3.63, 3.8) is 0 Å². The zero-order chi connectivity index (χ0) is 9.42. The van der Waals surface area contributed by atoms with E-state index in [1.165, 1.54) is 11.3 Å². The van der Waals surface area contributed by atoms with E-state index < -0.39 is 0 Å². The van der Waals surface area contributed by atoms with E-state index in [4.69, 9.17) is 5.73 Å². The van der Waals surface area contributed by atoms with Crippen molar-refractivity contribution >= 4 is 16.5 Å². The van der Waals surface area contributed by atoms with Gasteiger partial charge in [0.25, 0.3) is 0 Å². The number of nitrogens with two attached hydrogens (primary N) is 1. The molecule has 2 rings (SSSR count). The van der Waals surface area contributed by atoms with E-state index in [0.717, 1.165) is 16.1 Å². The number of hydrogen-bond acceptors (Lipinski definition) is 4. The Morgan fingerprint density at radius 2 is 2.31 bits per heavy atom. The number of nitrogens with zero attached hydrogens (tertiary/aromatic N) is 3. The van der Waals surface area contributed by atoms with Gasteiger partial charge < -0.3 is 5.73 Å². The molecule has 5 heteroatoms. The van der Waals surface area contributed by atoms with Crippen molar-refractivity contribution in [2.24, 2.45) is 7.05 Å². The molecule has 0 unspecified atom stereocenters. The van der Waals surface area contributed by atoms with Crippen LogP contribution in [-0.4, -0.2) is 14.8 Å². The first-order valence-corrected chi connectivity index (χ1v) is 4.70. The first kappa shape index (κ1) is 8.25. The fourth-order valence-corrected chi connectivity index (χ4v) is 1.94. The van der Waals surface area contributed by atoms with Gasteiger partial charge in [0.2, 0.25) is 0 Å². The summed E-state index contributed by atoms with van der Waals surface area (Å²) in [5, 5.41) is 4.69. The van der Waals surface area contributed by atoms with Gasteiger partial charge in [0.05, 0.1) is 11.9 Å². The second-order valence-electron chi connectivity index (χ2n) is 2.86. The number of aryl methyl sites for hydroxylation is 2. The van der Waals surface area contributed by atoms with Gasteiger partial charge in [0.1, 0.15) is 0 Å². The Hall–Kier alpha value is -1.36. The number of aromatic nitrogens is 3. The number of hydrogen-bond donors (Lipinski definition) is 1. The summed E-state index contributed by atoms with van der Waals surface area (Å²) < 4.78 is 1.75. The molecule has 13 heavy (non-hydrogen) atoms. The van der Waals surface area contributed by atoms with Gasteiger partial charge in [-0.15, -0.1) is 11.3 Å². The molecule has 0 saturated carbocycles. The van der Waals surface area contributed by atoms with Gasteiger partial charge in [0.15, 0.2) is 5.13 Å². The molecular weight excluding hydrogens is 184 g/mol. The van der Waals surface area contributed by atoms with Crippen LogP contribution < -0.4 is 5.73 Å². The highest BCUT2D eigenvalue weighted by molar-refractivity contribution is 7.15. The average molecular weight is 194 g/mol. The summed E-state index contributed by atoms with van der Waals surface area (Å²) >= 11 is 1.50. The van der Waals surface area contributed by atoms with Gasteiger partial charge in [-0.25, -0.2) is 4.98 Å². The molecule has 2 N–H and O–H groups in total. The zero-order valence-corrected chi connectivity index (χ0v) is 8.30. The van der Waals surface area contributed by atoms with E-state index >= 15 is 0 Å². The largest absolute Gasteiger partial charge is 0.375 e. The van der Waals surface area contributed by atoms with Crippen LogP contribution in [0.3, 0.4) is 0 Å². The van der Waals surface area contributed by atoms with Crippen LogP contribution in [-0.2, 0) is 7.05 Å². The lowest BCUT2D eigenvalue weighted by atomic mass is 10.2. The zero-order valence-electron chi connectivity index (χ0n) is 7.48. The van der Waals surface area contributed by atoms with Crippen LogP contribution in [0.2, 0.25) is 0 Å². The Kier molecular flexibility index (Phi) is 1.81. The van der Waals surface area contributed by atoms with Crippen LogP contribution in [0.1, 0.15) is 4.88 Å². The molecule has 2 heterocycles. The summed E-state index contributed by atoms with van der Waals surface area (Å²) in [6.45, 7) is 2.01. The lowest BCUT2D eigenvalue weighted by Crippen LogP contribution is -1.84. The van der Waals surface area contributed by atoms with Gasteiger partial charge in [-0.2, -0.15) is 5.10 Å². The maximum atomic E-state index is 5.60. The lowest BCUT2D eigenvalue weighted by Gasteiger charge is -1.90. The summed E-state index contributed by atoms with van der Waals surface area (Å²) in [6.07, 6.45) is 3.73. The molecule has 0 amide bonds. The Labute approximate surface area is 80.0 Å². The van der Waals surface area contributed by atoms with Crippen LogP contribution in [0.5, 0.6) is 0 Å². The number of thiazole rings is 1. The van der Waals surface area contributed by atoms with E-state index in [9.17, 15) is 0 Å². The van der Waals surface area contributed by atoms with Crippen molar-refractivity contribution in [2.75, 3.05) is 5.73 Å². The highest BCUT2D eigenvalue weighted by Gasteiger charge is 2.08. The molecule has 0 fully saturated rings. The molecule has 0 bridgehead atoms. The third-order valence-corrected chi connectivity index (χ3v) is 2.59. The van der Waals surface area contributed by atoms with E-state index in [1.807, 2.05) is 20.2 Å². The molecule has 68 valence electrons. The second-order valence-corrected chi connectivity index (χ2v) is 4.09. The lowest BCUT2D eigenvalue weighted by molar-refractivity contribution is 0.768. The summed E-state index contributed by atoms with van der Waals surface area (Å²) in [7, 11) is 1.88. The molecule has 0 atom stereocenters.